The number of ether oxygens (including phenoxy) is 3. The lowest BCUT2D eigenvalue weighted by Gasteiger charge is -2.18. The Balaban J connectivity index is 3.14. The molecule has 0 saturated carbocycles. The summed E-state index contributed by atoms with van der Waals surface area (Å²) in [4.78, 5) is 0. The fourth-order valence-electron chi connectivity index (χ4n) is 1.75. The summed E-state index contributed by atoms with van der Waals surface area (Å²) in [6.45, 7) is 2.41. The normalized spacial score (nSPS) is 12.3. The Morgan fingerprint density at radius 3 is 2.38 bits per heavy atom. The van der Waals surface area contributed by atoms with Crippen molar-refractivity contribution in [3.8, 4) is 11.5 Å². The summed E-state index contributed by atoms with van der Waals surface area (Å²) in [7, 11) is 4.89. The minimum atomic E-state index is -0.190. The highest BCUT2D eigenvalue weighted by molar-refractivity contribution is 5.50. The average molecular weight is 225 g/mol. The van der Waals surface area contributed by atoms with Gasteiger partial charge in [-0.05, 0) is 19.1 Å². The minimum Gasteiger partial charge on any atom is -0.496 e. The number of hydrogen-bond donors (Lipinski definition) is 1. The third-order valence-electron chi connectivity index (χ3n) is 2.56. The molecule has 0 spiro atoms. The van der Waals surface area contributed by atoms with Crippen LogP contribution in [-0.2, 0) is 4.74 Å². The van der Waals surface area contributed by atoms with Crippen LogP contribution in [-0.4, -0.2) is 27.9 Å². The van der Waals surface area contributed by atoms with Crippen LogP contribution in [0.25, 0.3) is 0 Å². The van der Waals surface area contributed by atoms with E-state index >= 15 is 0 Å². The van der Waals surface area contributed by atoms with Gasteiger partial charge in [-0.1, -0.05) is 0 Å². The lowest BCUT2D eigenvalue weighted by Crippen LogP contribution is -2.17. The van der Waals surface area contributed by atoms with Crippen molar-refractivity contribution in [3.63, 3.8) is 0 Å². The number of methoxy groups -OCH3 is 3. The number of hydrogen-bond acceptors (Lipinski definition) is 4. The quantitative estimate of drug-likeness (QED) is 0.828. The van der Waals surface area contributed by atoms with Gasteiger partial charge < -0.3 is 19.9 Å². The molecular formula is C12H19NO3. The third-order valence-corrected chi connectivity index (χ3v) is 2.56. The molecule has 90 valence electrons. The highest BCUT2D eigenvalue weighted by Gasteiger charge is 2.16. The molecule has 1 aromatic rings. The van der Waals surface area contributed by atoms with Crippen LogP contribution >= 0.6 is 0 Å². The van der Waals surface area contributed by atoms with Gasteiger partial charge in [-0.15, -0.1) is 0 Å². The second-order valence-electron chi connectivity index (χ2n) is 3.58. The molecule has 16 heavy (non-hydrogen) atoms. The van der Waals surface area contributed by atoms with E-state index in [2.05, 4.69) is 0 Å². The summed E-state index contributed by atoms with van der Waals surface area (Å²) in [6.07, 6.45) is 0. The first-order chi connectivity index (χ1) is 7.65. The van der Waals surface area contributed by atoms with E-state index in [-0.39, 0.29) is 6.04 Å². The Morgan fingerprint density at radius 2 is 1.88 bits per heavy atom. The molecule has 2 N–H and O–H groups in total. The first-order valence-corrected chi connectivity index (χ1v) is 5.11. The molecule has 0 aliphatic rings. The molecule has 0 radical (unpaired) electrons. The van der Waals surface area contributed by atoms with Gasteiger partial charge in [0.2, 0.25) is 0 Å². The van der Waals surface area contributed by atoms with E-state index in [1.165, 1.54) is 0 Å². The maximum atomic E-state index is 6.00. The molecule has 0 aromatic heterocycles. The van der Waals surface area contributed by atoms with E-state index in [0.29, 0.717) is 6.61 Å². The summed E-state index contributed by atoms with van der Waals surface area (Å²) in [5.74, 6) is 1.56. The second kappa shape index (κ2) is 5.72. The molecule has 1 atom stereocenters. The van der Waals surface area contributed by atoms with Crippen molar-refractivity contribution in [2.45, 2.75) is 13.0 Å². The maximum Gasteiger partial charge on any atom is 0.130 e. The predicted molar refractivity (Wildman–Crippen MR) is 63.1 cm³/mol. The van der Waals surface area contributed by atoms with Gasteiger partial charge in [0.1, 0.15) is 11.5 Å². The SMILES string of the molecule is COCC(N)c1ccc(OC)c(C)c1OC. The van der Waals surface area contributed by atoms with Gasteiger partial charge in [-0.2, -0.15) is 0 Å². The van der Waals surface area contributed by atoms with E-state index in [1.54, 1.807) is 21.3 Å². The first-order valence-electron chi connectivity index (χ1n) is 5.11. The topological polar surface area (TPSA) is 53.7 Å². The molecule has 1 aromatic carbocycles. The smallest absolute Gasteiger partial charge is 0.130 e. The van der Waals surface area contributed by atoms with E-state index < -0.39 is 0 Å². The van der Waals surface area contributed by atoms with Gasteiger partial charge in [-0.25, -0.2) is 0 Å². The summed E-state index contributed by atoms with van der Waals surface area (Å²) >= 11 is 0. The van der Waals surface area contributed by atoms with Gasteiger partial charge in [0.25, 0.3) is 0 Å². The minimum absolute atomic E-state index is 0.190. The van der Waals surface area contributed by atoms with Crippen LogP contribution < -0.4 is 15.2 Å². The Kier molecular flexibility index (Phi) is 4.58. The molecule has 0 aliphatic heterocycles. The van der Waals surface area contributed by atoms with Crippen LogP contribution in [0.5, 0.6) is 11.5 Å². The van der Waals surface area contributed by atoms with Crippen LogP contribution in [0.1, 0.15) is 17.2 Å². The Hall–Kier alpha value is -1.26. The summed E-state index contributed by atoms with van der Waals surface area (Å²) in [5.41, 5.74) is 7.88. The van der Waals surface area contributed by atoms with Crippen molar-refractivity contribution >= 4 is 0 Å². The van der Waals surface area contributed by atoms with Crippen molar-refractivity contribution in [1.29, 1.82) is 0 Å². The van der Waals surface area contributed by atoms with E-state index in [0.717, 1.165) is 22.6 Å². The zero-order valence-electron chi connectivity index (χ0n) is 10.2. The summed E-state index contributed by atoms with van der Waals surface area (Å²) in [6, 6.07) is 3.61. The van der Waals surface area contributed by atoms with Crippen molar-refractivity contribution in [1.82, 2.24) is 0 Å². The Labute approximate surface area is 96.3 Å². The molecule has 1 unspecified atom stereocenters. The molecular weight excluding hydrogens is 206 g/mol. The van der Waals surface area contributed by atoms with Crippen LogP contribution in [0, 0.1) is 6.92 Å². The van der Waals surface area contributed by atoms with Gasteiger partial charge in [-0.3, -0.25) is 0 Å². The van der Waals surface area contributed by atoms with Crippen LogP contribution in [0.3, 0.4) is 0 Å². The van der Waals surface area contributed by atoms with Crippen LogP contribution in [0.4, 0.5) is 0 Å². The van der Waals surface area contributed by atoms with Crippen LogP contribution in [0.2, 0.25) is 0 Å². The fraction of sp³-hybridized carbons (Fsp3) is 0.500. The number of benzene rings is 1. The maximum absolute atomic E-state index is 6.00. The zero-order chi connectivity index (χ0) is 12.1. The highest BCUT2D eigenvalue weighted by atomic mass is 16.5. The van der Waals surface area contributed by atoms with Crippen molar-refractivity contribution < 1.29 is 14.2 Å². The van der Waals surface area contributed by atoms with E-state index in [9.17, 15) is 0 Å². The standard InChI is InChI=1S/C12H19NO3/c1-8-11(15-3)6-5-9(12(8)16-4)10(13)7-14-2/h5-6,10H,7,13H2,1-4H3. The zero-order valence-corrected chi connectivity index (χ0v) is 10.2. The molecule has 0 heterocycles. The molecule has 4 nitrogen and oxygen atoms in total. The first kappa shape index (κ1) is 12.8. The van der Waals surface area contributed by atoms with E-state index in [4.69, 9.17) is 19.9 Å². The number of nitrogens with two attached hydrogens (primary N) is 1. The fourth-order valence-corrected chi connectivity index (χ4v) is 1.75. The lowest BCUT2D eigenvalue weighted by molar-refractivity contribution is 0.179. The molecule has 4 heteroatoms. The van der Waals surface area contributed by atoms with Gasteiger partial charge >= 0.3 is 0 Å². The lowest BCUT2D eigenvalue weighted by atomic mass is 10.0. The second-order valence-corrected chi connectivity index (χ2v) is 3.58. The monoisotopic (exact) mass is 225 g/mol. The van der Waals surface area contributed by atoms with Gasteiger partial charge in [0, 0.05) is 18.2 Å². The summed E-state index contributed by atoms with van der Waals surface area (Å²) < 4.78 is 15.6. The Morgan fingerprint density at radius 1 is 1.19 bits per heavy atom. The highest BCUT2D eigenvalue weighted by Crippen LogP contribution is 2.33. The van der Waals surface area contributed by atoms with E-state index in [1.807, 2.05) is 19.1 Å². The summed E-state index contributed by atoms with van der Waals surface area (Å²) in [5, 5.41) is 0. The van der Waals surface area contributed by atoms with Gasteiger partial charge in [0.15, 0.2) is 0 Å². The molecule has 0 aliphatic carbocycles. The molecule has 0 bridgehead atoms. The largest absolute Gasteiger partial charge is 0.496 e. The number of rotatable bonds is 5. The molecule has 0 saturated heterocycles. The predicted octanol–water partition coefficient (Wildman–Crippen LogP) is 1.66. The third kappa shape index (κ3) is 2.46. The van der Waals surface area contributed by atoms with Crippen LogP contribution in [0.15, 0.2) is 12.1 Å². The van der Waals surface area contributed by atoms with Crippen molar-refractivity contribution in [3.05, 3.63) is 23.3 Å². The van der Waals surface area contributed by atoms with Crippen molar-refractivity contribution in [2.24, 2.45) is 5.73 Å². The molecule has 1 rings (SSSR count). The molecule has 0 fully saturated rings. The Bertz CT molecular complexity index is 352. The van der Waals surface area contributed by atoms with Crippen molar-refractivity contribution in [2.75, 3.05) is 27.9 Å². The average Bonchev–Trinajstić information content (AvgIpc) is 2.28. The van der Waals surface area contributed by atoms with Gasteiger partial charge in [0.05, 0.1) is 26.9 Å². The molecule has 0 amide bonds.